The quantitative estimate of drug-likeness (QED) is 0.749. The van der Waals surface area contributed by atoms with Crippen LogP contribution in [0.1, 0.15) is 10.4 Å². The first-order chi connectivity index (χ1) is 9.51. The summed E-state index contributed by atoms with van der Waals surface area (Å²) in [7, 11) is 1.57. The van der Waals surface area contributed by atoms with Crippen molar-refractivity contribution in [2.75, 3.05) is 12.4 Å². The van der Waals surface area contributed by atoms with Crippen molar-refractivity contribution in [2.45, 2.75) is 0 Å². The van der Waals surface area contributed by atoms with Gasteiger partial charge in [-0.25, -0.2) is 0 Å². The number of anilines is 1. The van der Waals surface area contributed by atoms with Crippen LogP contribution < -0.4 is 10.1 Å². The molecule has 1 N–H and O–H groups in total. The number of benzene rings is 2. The van der Waals surface area contributed by atoms with Gasteiger partial charge in [-0.3, -0.25) is 4.79 Å². The molecule has 6 heteroatoms. The van der Waals surface area contributed by atoms with Gasteiger partial charge in [-0.05, 0) is 68.3 Å². The molecule has 0 heterocycles. The number of methoxy groups -OCH3 is 1. The molecule has 0 aliphatic heterocycles. The highest BCUT2D eigenvalue weighted by Crippen LogP contribution is 2.28. The summed E-state index contributed by atoms with van der Waals surface area (Å²) in [6.07, 6.45) is 0. The molecule has 0 saturated heterocycles. The van der Waals surface area contributed by atoms with E-state index in [1.165, 1.54) is 0 Å². The molecule has 0 aromatic heterocycles. The molecule has 0 unspecified atom stereocenters. The van der Waals surface area contributed by atoms with Crippen LogP contribution in [0.5, 0.6) is 5.75 Å². The fourth-order valence-corrected chi connectivity index (χ4v) is 2.65. The molecule has 0 atom stereocenters. The second kappa shape index (κ2) is 6.61. The van der Waals surface area contributed by atoms with Crippen molar-refractivity contribution in [2.24, 2.45) is 0 Å². The van der Waals surface area contributed by atoms with Gasteiger partial charge in [0.05, 0.1) is 17.3 Å². The normalized spacial score (nSPS) is 10.2. The molecular weight excluding hydrogens is 409 g/mol. The second-order valence-corrected chi connectivity index (χ2v) is 6.07. The molecule has 2 rings (SSSR count). The minimum Gasteiger partial charge on any atom is -0.496 e. The summed E-state index contributed by atoms with van der Waals surface area (Å²) in [5.74, 6) is 0.446. The number of hydrogen-bond acceptors (Lipinski definition) is 2. The molecule has 0 aliphatic carbocycles. The maximum Gasteiger partial charge on any atom is 0.255 e. The predicted octanol–water partition coefficient (Wildman–Crippen LogP) is 5.13. The number of halogens is 3. The minimum absolute atomic E-state index is 0.226. The van der Waals surface area contributed by atoms with E-state index in [-0.39, 0.29) is 5.91 Å². The number of hydrogen-bond donors (Lipinski definition) is 1. The Morgan fingerprint density at radius 2 is 1.90 bits per heavy atom. The molecule has 1 amide bonds. The number of amides is 1. The lowest BCUT2D eigenvalue weighted by molar-refractivity contribution is 0.102. The van der Waals surface area contributed by atoms with Crippen molar-refractivity contribution in [3.05, 3.63) is 55.9 Å². The highest BCUT2D eigenvalue weighted by molar-refractivity contribution is 9.11. The fourth-order valence-electron chi connectivity index (χ4n) is 1.60. The molecule has 0 aliphatic rings. The molecule has 2 aromatic carbocycles. The Hall–Kier alpha value is -1.04. The molecule has 0 bridgehead atoms. The van der Waals surface area contributed by atoms with Gasteiger partial charge in [0.15, 0.2) is 0 Å². The van der Waals surface area contributed by atoms with E-state index >= 15 is 0 Å². The lowest BCUT2D eigenvalue weighted by atomic mass is 10.2. The van der Waals surface area contributed by atoms with E-state index in [0.717, 1.165) is 8.95 Å². The second-order valence-electron chi connectivity index (χ2n) is 3.93. The smallest absolute Gasteiger partial charge is 0.255 e. The van der Waals surface area contributed by atoms with Crippen molar-refractivity contribution >= 4 is 55.1 Å². The maximum absolute atomic E-state index is 12.2. The summed E-state index contributed by atoms with van der Waals surface area (Å²) >= 11 is 12.6. The first kappa shape index (κ1) is 15.4. The maximum atomic E-state index is 12.2. The molecule has 0 radical (unpaired) electrons. The summed E-state index contributed by atoms with van der Waals surface area (Å²) in [4.78, 5) is 12.2. The van der Waals surface area contributed by atoms with Crippen molar-refractivity contribution in [3.63, 3.8) is 0 Å². The van der Waals surface area contributed by atoms with Crippen molar-refractivity contribution in [1.29, 1.82) is 0 Å². The average molecular weight is 420 g/mol. The Balaban J connectivity index is 2.24. The van der Waals surface area contributed by atoms with Crippen LogP contribution in [0.4, 0.5) is 5.69 Å². The van der Waals surface area contributed by atoms with Crippen molar-refractivity contribution in [1.82, 2.24) is 0 Å². The third-order valence-corrected chi connectivity index (χ3v) is 4.14. The largest absolute Gasteiger partial charge is 0.496 e. The van der Waals surface area contributed by atoms with Crippen LogP contribution in [-0.2, 0) is 0 Å². The van der Waals surface area contributed by atoms with Gasteiger partial charge in [-0.15, -0.1) is 0 Å². The summed E-state index contributed by atoms with van der Waals surface area (Å²) in [6, 6.07) is 10.3. The molecule has 0 saturated carbocycles. The standard InChI is InChI=1S/C14H10Br2ClNO2/c1-20-13-5-2-8(6-11(13)16)14(19)18-12-7-9(17)3-4-10(12)15/h2-7H,1H3,(H,18,19). The molecule has 3 nitrogen and oxygen atoms in total. The van der Waals surface area contributed by atoms with Gasteiger partial charge in [0, 0.05) is 15.1 Å². The Morgan fingerprint density at radius 3 is 2.55 bits per heavy atom. The molecule has 2 aromatic rings. The third-order valence-electron chi connectivity index (χ3n) is 2.59. The van der Waals surface area contributed by atoms with Gasteiger partial charge < -0.3 is 10.1 Å². The molecule has 20 heavy (non-hydrogen) atoms. The number of ether oxygens (including phenoxy) is 1. The van der Waals surface area contributed by atoms with Crippen LogP contribution in [0, 0.1) is 0 Å². The van der Waals surface area contributed by atoms with E-state index in [0.29, 0.717) is 22.0 Å². The third kappa shape index (κ3) is 3.53. The average Bonchev–Trinajstić information content (AvgIpc) is 2.42. The highest BCUT2D eigenvalue weighted by Gasteiger charge is 2.11. The lowest BCUT2D eigenvalue weighted by Gasteiger charge is -2.09. The Kier molecular flexibility index (Phi) is 5.07. The van der Waals surface area contributed by atoms with Crippen LogP contribution in [-0.4, -0.2) is 13.0 Å². The van der Waals surface area contributed by atoms with Crippen LogP contribution in [0.25, 0.3) is 0 Å². The van der Waals surface area contributed by atoms with E-state index in [2.05, 4.69) is 37.2 Å². The van der Waals surface area contributed by atoms with E-state index in [9.17, 15) is 4.79 Å². The lowest BCUT2D eigenvalue weighted by Crippen LogP contribution is -2.12. The first-order valence-electron chi connectivity index (χ1n) is 5.61. The number of carbonyl (C=O) groups excluding carboxylic acids is 1. The van der Waals surface area contributed by atoms with Gasteiger partial charge in [0.25, 0.3) is 5.91 Å². The fraction of sp³-hybridized carbons (Fsp3) is 0.0714. The summed E-state index contributed by atoms with van der Waals surface area (Å²) < 4.78 is 6.62. The zero-order valence-electron chi connectivity index (χ0n) is 10.4. The molecule has 0 fully saturated rings. The van der Waals surface area contributed by atoms with Crippen molar-refractivity contribution in [3.8, 4) is 5.75 Å². The van der Waals surface area contributed by atoms with Gasteiger partial charge in [-0.2, -0.15) is 0 Å². The molecule has 104 valence electrons. The van der Waals surface area contributed by atoms with Crippen LogP contribution in [0.3, 0.4) is 0 Å². The first-order valence-corrected chi connectivity index (χ1v) is 7.57. The van der Waals surface area contributed by atoms with Crippen LogP contribution >= 0.6 is 43.5 Å². The Morgan fingerprint density at radius 1 is 1.15 bits per heavy atom. The Bertz CT molecular complexity index is 662. The van der Waals surface area contributed by atoms with Gasteiger partial charge >= 0.3 is 0 Å². The van der Waals surface area contributed by atoms with E-state index < -0.39 is 0 Å². The van der Waals surface area contributed by atoms with Crippen LogP contribution in [0.15, 0.2) is 45.3 Å². The monoisotopic (exact) mass is 417 g/mol. The highest BCUT2D eigenvalue weighted by atomic mass is 79.9. The SMILES string of the molecule is COc1ccc(C(=O)Nc2cc(Cl)ccc2Br)cc1Br. The van der Waals surface area contributed by atoms with Crippen LogP contribution in [0.2, 0.25) is 5.02 Å². The van der Waals surface area contributed by atoms with Gasteiger partial charge in [0.1, 0.15) is 5.75 Å². The van der Waals surface area contributed by atoms with Gasteiger partial charge in [-0.1, -0.05) is 11.6 Å². The van der Waals surface area contributed by atoms with E-state index in [1.807, 2.05) is 0 Å². The summed E-state index contributed by atoms with van der Waals surface area (Å²) in [6.45, 7) is 0. The number of rotatable bonds is 3. The predicted molar refractivity (Wildman–Crippen MR) is 87.8 cm³/mol. The summed E-state index contributed by atoms with van der Waals surface area (Å²) in [5.41, 5.74) is 1.14. The zero-order valence-corrected chi connectivity index (χ0v) is 14.3. The summed E-state index contributed by atoms with van der Waals surface area (Å²) in [5, 5.41) is 3.36. The van der Waals surface area contributed by atoms with Gasteiger partial charge in [0.2, 0.25) is 0 Å². The van der Waals surface area contributed by atoms with Crippen molar-refractivity contribution < 1.29 is 9.53 Å². The van der Waals surface area contributed by atoms with E-state index in [1.54, 1.807) is 43.5 Å². The number of carbonyl (C=O) groups is 1. The number of nitrogens with one attached hydrogen (secondary N) is 1. The van der Waals surface area contributed by atoms with E-state index in [4.69, 9.17) is 16.3 Å². The Labute approximate surface area is 138 Å². The minimum atomic E-state index is -0.226. The topological polar surface area (TPSA) is 38.3 Å². The molecular formula is C14H10Br2ClNO2. The zero-order chi connectivity index (χ0) is 14.7. The molecule has 0 spiro atoms.